The second kappa shape index (κ2) is 4.98. The Hall–Kier alpha value is -2.33. The highest BCUT2D eigenvalue weighted by atomic mass is 16.7. The minimum atomic E-state index is -0.108. The smallest absolute Gasteiger partial charge is 0.250 e. The van der Waals surface area contributed by atoms with Gasteiger partial charge in [0.2, 0.25) is 5.91 Å². The Balaban J connectivity index is 2.12. The summed E-state index contributed by atoms with van der Waals surface area (Å²) < 4.78 is 5.56. The zero-order chi connectivity index (χ0) is 14.1. The summed E-state index contributed by atoms with van der Waals surface area (Å²) in [4.78, 5) is 16.9. The zero-order valence-corrected chi connectivity index (χ0v) is 11.4. The maximum atomic E-state index is 12.0. The Kier molecular flexibility index (Phi) is 3.16. The largest absolute Gasteiger partial charge is 0.464 e. The molecule has 0 unspecified atom stereocenters. The zero-order valence-electron chi connectivity index (χ0n) is 11.4. The molecule has 102 valence electrons. The van der Waals surface area contributed by atoms with Crippen molar-refractivity contribution >= 4 is 27.6 Å². The minimum absolute atomic E-state index is 0.108. The van der Waals surface area contributed by atoms with E-state index in [0.717, 1.165) is 27.3 Å². The van der Waals surface area contributed by atoms with Crippen LogP contribution in [0.25, 0.3) is 21.7 Å². The van der Waals surface area contributed by atoms with E-state index in [9.17, 15) is 4.79 Å². The molecule has 1 heterocycles. The average molecular weight is 269 g/mol. The van der Waals surface area contributed by atoms with Gasteiger partial charge in [-0.3, -0.25) is 9.63 Å². The first-order chi connectivity index (χ1) is 9.70. The van der Waals surface area contributed by atoms with Gasteiger partial charge in [-0.1, -0.05) is 30.3 Å². The van der Waals surface area contributed by atoms with Gasteiger partial charge in [-0.05, 0) is 16.8 Å². The van der Waals surface area contributed by atoms with Crippen LogP contribution >= 0.6 is 0 Å². The summed E-state index contributed by atoms with van der Waals surface area (Å²) in [5.74, 6) is -0.108. The molecule has 0 bridgehead atoms. The van der Waals surface area contributed by atoms with E-state index in [1.165, 1.54) is 12.2 Å². The van der Waals surface area contributed by atoms with Crippen molar-refractivity contribution in [2.24, 2.45) is 0 Å². The fraction of sp³-hybridized carbons (Fsp3) is 0.188. The predicted octanol–water partition coefficient (Wildman–Crippen LogP) is 3.15. The first-order valence-electron chi connectivity index (χ1n) is 6.39. The van der Waals surface area contributed by atoms with Gasteiger partial charge in [-0.2, -0.15) is 0 Å². The molecule has 3 aromatic rings. The fourth-order valence-electron chi connectivity index (χ4n) is 2.38. The number of hydrogen-bond donors (Lipinski definition) is 0. The third kappa shape index (κ3) is 2.04. The summed E-state index contributed by atoms with van der Waals surface area (Å²) in [6.07, 6.45) is 1.91. The van der Waals surface area contributed by atoms with Gasteiger partial charge in [0.15, 0.2) is 0 Å². The molecule has 1 aromatic heterocycles. The van der Waals surface area contributed by atoms with Crippen LogP contribution in [0.1, 0.15) is 5.56 Å². The summed E-state index contributed by atoms with van der Waals surface area (Å²) >= 11 is 0. The van der Waals surface area contributed by atoms with Crippen LogP contribution in [0.4, 0.5) is 0 Å². The molecule has 0 N–H and O–H groups in total. The maximum Gasteiger partial charge on any atom is 0.250 e. The van der Waals surface area contributed by atoms with Crippen molar-refractivity contribution in [3.63, 3.8) is 0 Å². The van der Waals surface area contributed by atoms with Crippen LogP contribution in [0.5, 0.6) is 0 Å². The highest BCUT2D eigenvalue weighted by Gasteiger charge is 2.15. The Morgan fingerprint density at radius 2 is 2.05 bits per heavy atom. The van der Waals surface area contributed by atoms with Gasteiger partial charge in [0.1, 0.15) is 5.58 Å². The van der Waals surface area contributed by atoms with E-state index in [0.29, 0.717) is 0 Å². The number of carbonyl (C=O) groups excluding carboxylic acids is 1. The third-order valence-corrected chi connectivity index (χ3v) is 3.51. The van der Waals surface area contributed by atoms with Crippen molar-refractivity contribution < 1.29 is 14.0 Å². The van der Waals surface area contributed by atoms with E-state index < -0.39 is 0 Å². The van der Waals surface area contributed by atoms with Crippen LogP contribution in [0.2, 0.25) is 0 Å². The SMILES string of the molecule is CON(C)C(=O)Cc1coc2ccc3ccccc3c12. The lowest BCUT2D eigenvalue weighted by molar-refractivity contribution is -0.167. The number of nitrogens with zero attached hydrogens (tertiary/aromatic N) is 1. The second-order valence-electron chi connectivity index (χ2n) is 4.67. The first kappa shape index (κ1) is 12.7. The number of likely N-dealkylation sites (N-methyl/N-ethyl adjacent to an activating group) is 1. The van der Waals surface area contributed by atoms with Crippen LogP contribution < -0.4 is 0 Å². The minimum Gasteiger partial charge on any atom is -0.464 e. The van der Waals surface area contributed by atoms with Crippen molar-refractivity contribution in [3.05, 3.63) is 48.2 Å². The van der Waals surface area contributed by atoms with Gasteiger partial charge in [-0.15, -0.1) is 0 Å². The number of rotatable bonds is 3. The molecule has 0 radical (unpaired) electrons. The quantitative estimate of drug-likeness (QED) is 0.686. The van der Waals surface area contributed by atoms with E-state index in [1.807, 2.05) is 30.3 Å². The van der Waals surface area contributed by atoms with Crippen molar-refractivity contribution in [1.29, 1.82) is 0 Å². The molecule has 4 heteroatoms. The molecule has 0 spiro atoms. The Morgan fingerprint density at radius 3 is 2.85 bits per heavy atom. The lowest BCUT2D eigenvalue weighted by atomic mass is 10.0. The van der Waals surface area contributed by atoms with Crippen LogP contribution in [0.3, 0.4) is 0 Å². The van der Waals surface area contributed by atoms with E-state index in [2.05, 4.69) is 6.07 Å². The second-order valence-corrected chi connectivity index (χ2v) is 4.67. The molecule has 0 atom stereocenters. The summed E-state index contributed by atoms with van der Waals surface area (Å²) in [7, 11) is 3.07. The molecule has 1 amide bonds. The van der Waals surface area contributed by atoms with Gasteiger partial charge in [0, 0.05) is 18.0 Å². The number of hydrogen-bond acceptors (Lipinski definition) is 3. The number of amides is 1. The summed E-state index contributed by atoms with van der Waals surface area (Å²) in [6, 6.07) is 12.0. The lowest BCUT2D eigenvalue weighted by Gasteiger charge is -2.12. The van der Waals surface area contributed by atoms with E-state index >= 15 is 0 Å². The van der Waals surface area contributed by atoms with E-state index in [1.54, 1.807) is 13.3 Å². The predicted molar refractivity (Wildman–Crippen MR) is 77.2 cm³/mol. The lowest BCUT2D eigenvalue weighted by Crippen LogP contribution is -2.26. The summed E-state index contributed by atoms with van der Waals surface area (Å²) in [6.45, 7) is 0. The molecule has 0 aliphatic rings. The van der Waals surface area contributed by atoms with Crippen LogP contribution in [-0.4, -0.2) is 25.1 Å². The fourth-order valence-corrected chi connectivity index (χ4v) is 2.38. The Labute approximate surface area is 116 Å². The molecular formula is C16H15NO3. The molecular weight excluding hydrogens is 254 g/mol. The molecule has 4 nitrogen and oxygen atoms in total. The molecule has 0 saturated carbocycles. The average Bonchev–Trinajstić information content (AvgIpc) is 2.89. The molecule has 2 aromatic carbocycles. The van der Waals surface area contributed by atoms with Crippen molar-refractivity contribution in [1.82, 2.24) is 5.06 Å². The van der Waals surface area contributed by atoms with Gasteiger partial charge >= 0.3 is 0 Å². The van der Waals surface area contributed by atoms with Crippen LogP contribution in [0.15, 0.2) is 47.1 Å². The third-order valence-electron chi connectivity index (χ3n) is 3.51. The number of furan rings is 1. The van der Waals surface area contributed by atoms with Gasteiger partial charge in [-0.25, -0.2) is 5.06 Å². The van der Waals surface area contributed by atoms with Gasteiger partial charge < -0.3 is 4.42 Å². The molecule has 20 heavy (non-hydrogen) atoms. The van der Waals surface area contributed by atoms with Crippen LogP contribution in [0, 0.1) is 0 Å². The number of benzene rings is 2. The number of fused-ring (bicyclic) bond motifs is 3. The molecule has 0 saturated heterocycles. The highest BCUT2D eigenvalue weighted by molar-refractivity contribution is 6.08. The number of hydroxylamine groups is 2. The van der Waals surface area contributed by atoms with Crippen molar-refractivity contribution in [2.45, 2.75) is 6.42 Å². The summed E-state index contributed by atoms with van der Waals surface area (Å²) in [5.41, 5.74) is 1.68. The Bertz CT molecular complexity index is 776. The van der Waals surface area contributed by atoms with Gasteiger partial charge in [0.05, 0.1) is 19.8 Å². The highest BCUT2D eigenvalue weighted by Crippen LogP contribution is 2.30. The Morgan fingerprint density at radius 1 is 1.25 bits per heavy atom. The maximum absolute atomic E-state index is 12.0. The first-order valence-corrected chi connectivity index (χ1v) is 6.39. The normalized spacial score (nSPS) is 11.1. The topological polar surface area (TPSA) is 42.7 Å². The standard InChI is InChI=1S/C16H15NO3/c1-17(19-2)15(18)9-12-10-20-14-8-7-11-5-3-4-6-13(11)16(12)14/h3-8,10H,9H2,1-2H3. The van der Waals surface area contributed by atoms with E-state index in [-0.39, 0.29) is 12.3 Å². The monoisotopic (exact) mass is 269 g/mol. The molecule has 0 aliphatic heterocycles. The molecule has 0 aliphatic carbocycles. The molecule has 3 rings (SSSR count). The summed E-state index contributed by atoms with van der Waals surface area (Å²) in [5, 5.41) is 4.46. The van der Waals surface area contributed by atoms with Crippen LogP contribution in [-0.2, 0) is 16.1 Å². The number of carbonyl (C=O) groups is 1. The van der Waals surface area contributed by atoms with Crippen molar-refractivity contribution in [2.75, 3.05) is 14.2 Å². The van der Waals surface area contributed by atoms with Gasteiger partial charge in [0.25, 0.3) is 0 Å². The molecule has 0 fully saturated rings. The van der Waals surface area contributed by atoms with Crippen molar-refractivity contribution in [3.8, 4) is 0 Å². The van der Waals surface area contributed by atoms with E-state index in [4.69, 9.17) is 9.25 Å².